The lowest BCUT2D eigenvalue weighted by Crippen LogP contribution is -2.11. The van der Waals surface area contributed by atoms with Crippen LogP contribution in [0.4, 0.5) is 5.82 Å². The van der Waals surface area contributed by atoms with E-state index >= 15 is 0 Å². The first-order valence-electron chi connectivity index (χ1n) is 5.55. The van der Waals surface area contributed by atoms with Crippen molar-refractivity contribution in [3.8, 4) is 0 Å². The van der Waals surface area contributed by atoms with Crippen LogP contribution in [0.3, 0.4) is 0 Å². The molecule has 4 nitrogen and oxygen atoms in total. The second-order valence-electron chi connectivity index (χ2n) is 3.51. The standard InChI is InChI=1S/C12H14ClN3O/c1-2-17-8-7-14-12-10-6-4-3-5-9(10)11(13)15-16-12/h3-6H,2,7-8H2,1H3,(H,14,16). The van der Waals surface area contributed by atoms with Crippen LogP contribution in [0.2, 0.25) is 5.15 Å². The molecule has 1 aromatic heterocycles. The van der Waals surface area contributed by atoms with Crippen LogP contribution in [0.25, 0.3) is 10.8 Å². The van der Waals surface area contributed by atoms with Crippen LogP contribution in [0.15, 0.2) is 24.3 Å². The normalized spacial score (nSPS) is 10.7. The van der Waals surface area contributed by atoms with Gasteiger partial charge in [-0.15, -0.1) is 10.2 Å². The summed E-state index contributed by atoms with van der Waals surface area (Å²) in [5.41, 5.74) is 0. The monoisotopic (exact) mass is 251 g/mol. The molecule has 0 aliphatic rings. The Labute approximate surface area is 105 Å². The van der Waals surface area contributed by atoms with Crippen LogP contribution in [-0.4, -0.2) is 30.0 Å². The second-order valence-corrected chi connectivity index (χ2v) is 3.87. The SMILES string of the molecule is CCOCCNc1nnc(Cl)c2ccccc12. The van der Waals surface area contributed by atoms with Gasteiger partial charge < -0.3 is 10.1 Å². The number of hydrogen-bond donors (Lipinski definition) is 1. The number of nitrogens with one attached hydrogen (secondary N) is 1. The summed E-state index contributed by atoms with van der Waals surface area (Å²) >= 11 is 5.99. The number of nitrogens with zero attached hydrogens (tertiary/aromatic N) is 2. The highest BCUT2D eigenvalue weighted by Crippen LogP contribution is 2.25. The summed E-state index contributed by atoms with van der Waals surface area (Å²) in [6, 6.07) is 7.78. The third-order valence-electron chi connectivity index (χ3n) is 2.39. The Bertz CT molecular complexity index is 504. The van der Waals surface area contributed by atoms with Gasteiger partial charge in [0, 0.05) is 23.9 Å². The summed E-state index contributed by atoms with van der Waals surface area (Å²) in [6.07, 6.45) is 0. The third kappa shape index (κ3) is 2.84. The highest BCUT2D eigenvalue weighted by Gasteiger charge is 2.06. The van der Waals surface area contributed by atoms with Crippen molar-refractivity contribution >= 4 is 28.2 Å². The van der Waals surface area contributed by atoms with Gasteiger partial charge in [-0.2, -0.15) is 0 Å². The largest absolute Gasteiger partial charge is 0.380 e. The molecule has 0 aliphatic heterocycles. The van der Waals surface area contributed by atoms with E-state index in [0.717, 1.165) is 16.6 Å². The van der Waals surface area contributed by atoms with Gasteiger partial charge >= 0.3 is 0 Å². The molecule has 0 amide bonds. The number of anilines is 1. The minimum absolute atomic E-state index is 0.427. The Morgan fingerprint density at radius 2 is 2.00 bits per heavy atom. The van der Waals surface area contributed by atoms with Crippen molar-refractivity contribution in [2.75, 3.05) is 25.1 Å². The van der Waals surface area contributed by atoms with Crippen molar-refractivity contribution in [3.05, 3.63) is 29.4 Å². The number of benzene rings is 1. The zero-order valence-electron chi connectivity index (χ0n) is 9.61. The van der Waals surface area contributed by atoms with Crippen molar-refractivity contribution in [1.29, 1.82) is 0 Å². The number of fused-ring (bicyclic) bond motifs is 1. The van der Waals surface area contributed by atoms with Gasteiger partial charge in [0.1, 0.15) is 0 Å². The lowest BCUT2D eigenvalue weighted by Gasteiger charge is -2.08. The molecule has 0 radical (unpaired) electrons. The molecule has 1 N–H and O–H groups in total. The molecule has 0 fully saturated rings. The molecule has 0 aliphatic carbocycles. The maximum Gasteiger partial charge on any atom is 0.159 e. The Hall–Kier alpha value is -1.39. The van der Waals surface area contributed by atoms with Crippen LogP contribution < -0.4 is 5.32 Å². The number of ether oxygens (including phenoxy) is 1. The molecule has 17 heavy (non-hydrogen) atoms. The van der Waals surface area contributed by atoms with Crippen molar-refractivity contribution in [2.45, 2.75) is 6.92 Å². The number of rotatable bonds is 5. The number of halogens is 1. The van der Waals surface area contributed by atoms with Crippen molar-refractivity contribution in [1.82, 2.24) is 10.2 Å². The molecule has 1 aromatic carbocycles. The van der Waals surface area contributed by atoms with Crippen molar-refractivity contribution in [3.63, 3.8) is 0 Å². The zero-order chi connectivity index (χ0) is 12.1. The van der Waals surface area contributed by atoms with Crippen molar-refractivity contribution in [2.24, 2.45) is 0 Å². The van der Waals surface area contributed by atoms with Gasteiger partial charge in [-0.25, -0.2) is 0 Å². The Balaban J connectivity index is 2.20. The molecule has 1 heterocycles. The van der Waals surface area contributed by atoms with E-state index in [4.69, 9.17) is 16.3 Å². The number of hydrogen-bond acceptors (Lipinski definition) is 4. The summed E-state index contributed by atoms with van der Waals surface area (Å²) < 4.78 is 5.25. The van der Waals surface area contributed by atoms with Gasteiger partial charge in [-0.3, -0.25) is 0 Å². The molecule has 0 saturated heterocycles. The predicted octanol–water partition coefficient (Wildman–Crippen LogP) is 2.73. The molecule has 90 valence electrons. The first-order valence-corrected chi connectivity index (χ1v) is 5.93. The third-order valence-corrected chi connectivity index (χ3v) is 2.66. The van der Waals surface area contributed by atoms with Crippen LogP contribution in [-0.2, 0) is 4.74 Å². The van der Waals surface area contributed by atoms with Gasteiger partial charge in [0.15, 0.2) is 11.0 Å². The van der Waals surface area contributed by atoms with Gasteiger partial charge in [0.05, 0.1) is 6.61 Å². The average Bonchev–Trinajstić information content (AvgIpc) is 2.37. The molecule has 2 aromatic rings. The average molecular weight is 252 g/mol. The first kappa shape index (κ1) is 12.1. The highest BCUT2D eigenvalue weighted by molar-refractivity contribution is 6.34. The first-order chi connectivity index (χ1) is 8.33. The van der Waals surface area contributed by atoms with E-state index in [1.165, 1.54) is 0 Å². The van der Waals surface area contributed by atoms with E-state index in [2.05, 4.69) is 15.5 Å². The maximum atomic E-state index is 5.99. The van der Waals surface area contributed by atoms with E-state index < -0.39 is 0 Å². The topological polar surface area (TPSA) is 47.0 Å². The quantitative estimate of drug-likeness (QED) is 0.830. The fourth-order valence-electron chi connectivity index (χ4n) is 1.59. The summed E-state index contributed by atoms with van der Waals surface area (Å²) in [6.45, 7) is 4.04. The molecule has 0 atom stereocenters. The van der Waals surface area contributed by atoms with Crippen LogP contribution in [0.5, 0.6) is 0 Å². The van der Waals surface area contributed by atoms with Crippen LogP contribution >= 0.6 is 11.6 Å². The minimum atomic E-state index is 0.427. The molecule has 0 spiro atoms. The van der Waals surface area contributed by atoms with E-state index in [1.54, 1.807) is 0 Å². The van der Waals surface area contributed by atoms with Gasteiger partial charge in [0.2, 0.25) is 0 Å². The minimum Gasteiger partial charge on any atom is -0.380 e. The summed E-state index contributed by atoms with van der Waals surface area (Å²) in [4.78, 5) is 0. The molecule has 0 unspecified atom stereocenters. The zero-order valence-corrected chi connectivity index (χ0v) is 10.4. The number of aromatic nitrogens is 2. The molecular formula is C12H14ClN3O. The Morgan fingerprint density at radius 1 is 1.24 bits per heavy atom. The molecule has 2 rings (SSSR count). The second kappa shape index (κ2) is 5.80. The van der Waals surface area contributed by atoms with Crippen molar-refractivity contribution < 1.29 is 4.74 Å². The fraction of sp³-hybridized carbons (Fsp3) is 0.333. The molecule has 0 saturated carbocycles. The highest BCUT2D eigenvalue weighted by atomic mass is 35.5. The summed E-state index contributed by atoms with van der Waals surface area (Å²) in [5.74, 6) is 0.740. The van der Waals surface area contributed by atoms with Gasteiger partial charge in [-0.05, 0) is 6.92 Å². The predicted molar refractivity (Wildman–Crippen MR) is 69.5 cm³/mol. The van der Waals surface area contributed by atoms with E-state index in [9.17, 15) is 0 Å². The molecular weight excluding hydrogens is 238 g/mol. The lowest BCUT2D eigenvalue weighted by atomic mass is 10.2. The lowest BCUT2D eigenvalue weighted by molar-refractivity contribution is 0.158. The van der Waals surface area contributed by atoms with Crippen LogP contribution in [0.1, 0.15) is 6.92 Å². The van der Waals surface area contributed by atoms with E-state index in [0.29, 0.717) is 24.9 Å². The summed E-state index contributed by atoms with van der Waals surface area (Å²) in [7, 11) is 0. The molecule has 0 bridgehead atoms. The Kier molecular flexibility index (Phi) is 4.12. The Morgan fingerprint density at radius 3 is 2.76 bits per heavy atom. The molecule has 5 heteroatoms. The summed E-state index contributed by atoms with van der Waals surface area (Å²) in [5, 5.41) is 13.5. The fourth-order valence-corrected chi connectivity index (χ4v) is 1.79. The smallest absolute Gasteiger partial charge is 0.159 e. The van der Waals surface area contributed by atoms with Crippen LogP contribution in [0, 0.1) is 0 Å². The van der Waals surface area contributed by atoms with E-state index in [-0.39, 0.29) is 0 Å². The van der Waals surface area contributed by atoms with Gasteiger partial charge in [-0.1, -0.05) is 35.9 Å². The maximum absolute atomic E-state index is 5.99. The van der Waals surface area contributed by atoms with E-state index in [1.807, 2.05) is 31.2 Å². The van der Waals surface area contributed by atoms with Gasteiger partial charge in [0.25, 0.3) is 0 Å².